The highest BCUT2D eigenvalue weighted by atomic mass is 35.5. The van der Waals surface area contributed by atoms with E-state index in [0.717, 1.165) is 25.7 Å². The smallest absolute Gasteiger partial charge is 0.341 e. The van der Waals surface area contributed by atoms with Gasteiger partial charge in [0.25, 0.3) is 0 Å². The number of carbonyl (C=O) groups excluding carboxylic acids is 1. The van der Waals surface area contributed by atoms with E-state index in [1.165, 1.54) is 18.2 Å². The molecule has 1 aromatic carbocycles. The van der Waals surface area contributed by atoms with Crippen molar-refractivity contribution in [1.29, 1.82) is 0 Å². The van der Waals surface area contributed by atoms with Gasteiger partial charge < -0.3 is 4.74 Å². The van der Waals surface area contributed by atoms with Crippen molar-refractivity contribution in [2.75, 3.05) is 6.61 Å². The summed E-state index contributed by atoms with van der Waals surface area (Å²) < 4.78 is 18.4. The Morgan fingerprint density at radius 2 is 2.12 bits per heavy atom. The highest BCUT2D eigenvalue weighted by Gasteiger charge is 2.14. The van der Waals surface area contributed by atoms with Crippen LogP contribution < -0.4 is 0 Å². The zero-order valence-corrected chi connectivity index (χ0v) is 10.6. The van der Waals surface area contributed by atoms with E-state index >= 15 is 0 Å². The summed E-state index contributed by atoms with van der Waals surface area (Å²) >= 11 is 5.58. The Balaban J connectivity index is 2.44. The first kappa shape index (κ1) is 14.0. The van der Waals surface area contributed by atoms with Crippen molar-refractivity contribution in [2.45, 2.75) is 32.6 Å². The molecule has 0 amide bonds. The standard InChI is InChI=1S/C13H16ClFO2/c1-2-3-4-5-9-17-13(16)10-7-6-8-11(14)12(10)15/h6-8H,2-5,9H2,1H3. The van der Waals surface area contributed by atoms with Gasteiger partial charge in [-0.2, -0.15) is 0 Å². The fourth-order valence-electron chi connectivity index (χ4n) is 1.43. The number of benzene rings is 1. The Labute approximate surface area is 106 Å². The molecule has 0 aromatic heterocycles. The van der Waals surface area contributed by atoms with Gasteiger partial charge in [-0.1, -0.05) is 43.9 Å². The largest absolute Gasteiger partial charge is 0.462 e. The minimum Gasteiger partial charge on any atom is -0.462 e. The quantitative estimate of drug-likeness (QED) is 0.564. The zero-order chi connectivity index (χ0) is 12.7. The van der Waals surface area contributed by atoms with E-state index in [1.807, 2.05) is 0 Å². The van der Waals surface area contributed by atoms with Crippen LogP contribution in [0.4, 0.5) is 4.39 Å². The van der Waals surface area contributed by atoms with Gasteiger partial charge in [0.2, 0.25) is 0 Å². The average molecular weight is 259 g/mol. The van der Waals surface area contributed by atoms with Gasteiger partial charge in [0, 0.05) is 0 Å². The van der Waals surface area contributed by atoms with Gasteiger partial charge in [-0.3, -0.25) is 0 Å². The molecule has 0 saturated heterocycles. The fraction of sp³-hybridized carbons (Fsp3) is 0.462. The highest BCUT2D eigenvalue weighted by molar-refractivity contribution is 6.31. The number of ether oxygens (including phenoxy) is 1. The number of unbranched alkanes of at least 4 members (excludes halogenated alkanes) is 3. The summed E-state index contributed by atoms with van der Waals surface area (Å²) in [5.74, 6) is -1.37. The number of hydrogen-bond donors (Lipinski definition) is 0. The molecule has 0 atom stereocenters. The molecule has 0 N–H and O–H groups in total. The SMILES string of the molecule is CCCCCCOC(=O)c1cccc(Cl)c1F. The lowest BCUT2D eigenvalue weighted by Crippen LogP contribution is -2.08. The normalized spacial score (nSPS) is 10.3. The maximum atomic E-state index is 13.4. The first-order valence-corrected chi connectivity index (χ1v) is 6.15. The highest BCUT2D eigenvalue weighted by Crippen LogP contribution is 2.18. The molecule has 0 heterocycles. The van der Waals surface area contributed by atoms with E-state index in [2.05, 4.69) is 6.92 Å². The summed E-state index contributed by atoms with van der Waals surface area (Å²) in [5, 5.41) is -0.0644. The van der Waals surface area contributed by atoms with E-state index in [-0.39, 0.29) is 10.6 Å². The van der Waals surface area contributed by atoms with E-state index in [1.54, 1.807) is 0 Å². The summed E-state index contributed by atoms with van der Waals surface area (Å²) in [4.78, 5) is 11.5. The number of rotatable bonds is 6. The van der Waals surface area contributed by atoms with Crippen LogP contribution in [0, 0.1) is 5.82 Å². The average Bonchev–Trinajstić information content (AvgIpc) is 2.32. The Morgan fingerprint density at radius 1 is 1.35 bits per heavy atom. The first-order valence-electron chi connectivity index (χ1n) is 5.78. The molecule has 0 unspecified atom stereocenters. The van der Waals surface area contributed by atoms with Crippen LogP contribution in [0.5, 0.6) is 0 Å². The molecule has 0 aliphatic heterocycles. The van der Waals surface area contributed by atoms with E-state index in [0.29, 0.717) is 6.61 Å². The lowest BCUT2D eigenvalue weighted by atomic mass is 10.2. The zero-order valence-electron chi connectivity index (χ0n) is 9.84. The van der Waals surface area contributed by atoms with E-state index in [9.17, 15) is 9.18 Å². The molecule has 0 aliphatic carbocycles. The van der Waals surface area contributed by atoms with Crippen molar-refractivity contribution in [3.05, 3.63) is 34.6 Å². The lowest BCUT2D eigenvalue weighted by Gasteiger charge is -2.06. The summed E-state index contributed by atoms with van der Waals surface area (Å²) in [7, 11) is 0. The molecule has 1 aromatic rings. The molecular formula is C13H16ClFO2. The molecule has 0 aliphatic rings. The molecule has 0 fully saturated rings. The maximum Gasteiger partial charge on any atom is 0.341 e. The molecular weight excluding hydrogens is 243 g/mol. The van der Waals surface area contributed by atoms with Gasteiger partial charge in [0.15, 0.2) is 5.82 Å². The Kier molecular flexibility index (Phi) is 5.98. The molecule has 94 valence electrons. The van der Waals surface area contributed by atoms with Crippen molar-refractivity contribution < 1.29 is 13.9 Å². The number of halogens is 2. The van der Waals surface area contributed by atoms with Crippen LogP contribution in [-0.4, -0.2) is 12.6 Å². The third-order valence-corrected chi connectivity index (χ3v) is 2.69. The van der Waals surface area contributed by atoms with E-state index < -0.39 is 11.8 Å². The molecule has 17 heavy (non-hydrogen) atoms. The summed E-state index contributed by atoms with van der Waals surface area (Å²) in [5.41, 5.74) is -0.104. The molecule has 0 saturated carbocycles. The number of carbonyl (C=O) groups is 1. The van der Waals surface area contributed by atoms with Gasteiger partial charge in [0.05, 0.1) is 17.2 Å². The van der Waals surface area contributed by atoms with Crippen molar-refractivity contribution in [2.24, 2.45) is 0 Å². The van der Waals surface area contributed by atoms with Crippen LogP contribution in [0.3, 0.4) is 0 Å². The Morgan fingerprint density at radius 3 is 2.82 bits per heavy atom. The monoisotopic (exact) mass is 258 g/mol. The van der Waals surface area contributed by atoms with Gasteiger partial charge in [-0.25, -0.2) is 9.18 Å². The minimum atomic E-state index is -0.715. The summed E-state index contributed by atoms with van der Waals surface area (Å²) in [6.07, 6.45) is 4.06. The van der Waals surface area contributed by atoms with Gasteiger partial charge >= 0.3 is 5.97 Å². The second kappa shape index (κ2) is 7.28. The van der Waals surface area contributed by atoms with Crippen LogP contribution in [0.1, 0.15) is 43.0 Å². The summed E-state index contributed by atoms with van der Waals surface area (Å²) in [6, 6.07) is 4.30. The van der Waals surface area contributed by atoms with E-state index in [4.69, 9.17) is 16.3 Å². The maximum absolute atomic E-state index is 13.4. The van der Waals surface area contributed by atoms with Gasteiger partial charge in [-0.05, 0) is 18.6 Å². The van der Waals surface area contributed by atoms with Crippen molar-refractivity contribution >= 4 is 17.6 Å². The second-order valence-electron chi connectivity index (χ2n) is 3.80. The van der Waals surface area contributed by atoms with Crippen molar-refractivity contribution in [1.82, 2.24) is 0 Å². The van der Waals surface area contributed by atoms with Crippen LogP contribution in [0.2, 0.25) is 5.02 Å². The second-order valence-corrected chi connectivity index (χ2v) is 4.21. The minimum absolute atomic E-state index is 0.0644. The predicted molar refractivity (Wildman–Crippen MR) is 65.8 cm³/mol. The van der Waals surface area contributed by atoms with Crippen molar-refractivity contribution in [3.63, 3.8) is 0 Å². The molecule has 4 heteroatoms. The first-order chi connectivity index (χ1) is 8.16. The fourth-order valence-corrected chi connectivity index (χ4v) is 1.61. The lowest BCUT2D eigenvalue weighted by molar-refractivity contribution is 0.0492. The predicted octanol–water partition coefficient (Wildman–Crippen LogP) is 4.22. The molecule has 2 nitrogen and oxygen atoms in total. The van der Waals surface area contributed by atoms with Crippen LogP contribution in [0.25, 0.3) is 0 Å². The summed E-state index contributed by atoms with van der Waals surface area (Å²) in [6.45, 7) is 2.43. The van der Waals surface area contributed by atoms with Gasteiger partial charge in [-0.15, -0.1) is 0 Å². The van der Waals surface area contributed by atoms with Crippen LogP contribution in [0.15, 0.2) is 18.2 Å². The number of hydrogen-bond acceptors (Lipinski definition) is 2. The molecule has 0 spiro atoms. The van der Waals surface area contributed by atoms with Crippen LogP contribution >= 0.6 is 11.6 Å². The number of esters is 1. The Hall–Kier alpha value is -1.09. The van der Waals surface area contributed by atoms with Crippen LogP contribution in [-0.2, 0) is 4.74 Å². The van der Waals surface area contributed by atoms with Gasteiger partial charge in [0.1, 0.15) is 0 Å². The Bertz CT molecular complexity index is 380. The molecule has 1 rings (SSSR count). The third-order valence-electron chi connectivity index (χ3n) is 2.40. The third kappa shape index (κ3) is 4.35. The van der Waals surface area contributed by atoms with Crippen molar-refractivity contribution in [3.8, 4) is 0 Å². The topological polar surface area (TPSA) is 26.3 Å². The molecule has 0 radical (unpaired) electrons. The molecule has 0 bridgehead atoms.